The maximum atomic E-state index is 3.79. The number of rotatable bonds is 8. The van der Waals surface area contributed by atoms with E-state index in [9.17, 15) is 0 Å². The van der Waals surface area contributed by atoms with E-state index in [1.165, 1.54) is 24.8 Å². The van der Waals surface area contributed by atoms with Gasteiger partial charge in [0, 0.05) is 12.6 Å². The van der Waals surface area contributed by atoms with E-state index in [2.05, 4.69) is 70.3 Å². The van der Waals surface area contributed by atoms with Crippen LogP contribution >= 0.6 is 0 Å². The van der Waals surface area contributed by atoms with Gasteiger partial charge in [0.1, 0.15) is 0 Å². The Balaban J connectivity index is 2.66. The summed E-state index contributed by atoms with van der Waals surface area (Å²) >= 11 is 0. The molecule has 0 aliphatic rings. The average Bonchev–Trinajstić information content (AvgIpc) is 2.39. The van der Waals surface area contributed by atoms with Gasteiger partial charge in [-0.3, -0.25) is 0 Å². The van der Waals surface area contributed by atoms with Crippen molar-refractivity contribution < 1.29 is 0 Å². The lowest BCUT2D eigenvalue weighted by molar-refractivity contribution is 0.225. The minimum atomic E-state index is 0.346. The molecular formula is C18H31N. The zero-order valence-electron chi connectivity index (χ0n) is 13.4. The first-order chi connectivity index (χ1) is 8.97. The van der Waals surface area contributed by atoms with Crippen LogP contribution in [0.1, 0.15) is 65.5 Å². The molecule has 1 rings (SSSR count). The zero-order chi connectivity index (χ0) is 14.3. The molecule has 0 aromatic heterocycles. The molecule has 1 aromatic rings. The van der Waals surface area contributed by atoms with E-state index in [-0.39, 0.29) is 0 Å². The van der Waals surface area contributed by atoms with Gasteiger partial charge in [0.05, 0.1) is 0 Å². The highest BCUT2D eigenvalue weighted by molar-refractivity contribution is 5.18. The highest BCUT2D eigenvalue weighted by atomic mass is 14.9. The molecule has 0 bridgehead atoms. The molecule has 0 saturated carbocycles. The number of benzene rings is 1. The molecule has 19 heavy (non-hydrogen) atoms. The van der Waals surface area contributed by atoms with Crippen LogP contribution in [-0.2, 0) is 0 Å². The molecular weight excluding hydrogens is 230 g/mol. The quantitative estimate of drug-likeness (QED) is 0.679. The van der Waals surface area contributed by atoms with Gasteiger partial charge in [-0.05, 0) is 23.3 Å². The van der Waals surface area contributed by atoms with Crippen molar-refractivity contribution in [1.82, 2.24) is 5.32 Å². The van der Waals surface area contributed by atoms with Gasteiger partial charge in [0.25, 0.3) is 0 Å². The molecule has 0 spiro atoms. The minimum Gasteiger partial charge on any atom is -0.309 e. The summed E-state index contributed by atoms with van der Waals surface area (Å²) in [6.45, 7) is 12.7. The SMILES string of the molecule is CCCCC(NCC(C)(C)C(C)C)c1ccccc1. The van der Waals surface area contributed by atoms with Crippen LogP contribution in [0.5, 0.6) is 0 Å². The van der Waals surface area contributed by atoms with Crippen LogP contribution in [0.3, 0.4) is 0 Å². The van der Waals surface area contributed by atoms with Crippen LogP contribution in [0.2, 0.25) is 0 Å². The van der Waals surface area contributed by atoms with Gasteiger partial charge in [0.15, 0.2) is 0 Å². The highest BCUT2D eigenvalue weighted by Gasteiger charge is 2.23. The third-order valence-electron chi connectivity index (χ3n) is 4.42. The van der Waals surface area contributed by atoms with Crippen LogP contribution in [0.4, 0.5) is 0 Å². The average molecular weight is 261 g/mol. The Labute approximate surface area is 119 Å². The lowest BCUT2D eigenvalue weighted by Gasteiger charge is -2.32. The van der Waals surface area contributed by atoms with E-state index >= 15 is 0 Å². The smallest absolute Gasteiger partial charge is 0.0320 e. The third kappa shape index (κ3) is 5.36. The molecule has 1 N–H and O–H groups in total. The second-order valence-electron chi connectivity index (χ2n) is 6.63. The van der Waals surface area contributed by atoms with E-state index in [0.29, 0.717) is 17.4 Å². The van der Waals surface area contributed by atoms with Crippen molar-refractivity contribution in [3.8, 4) is 0 Å². The van der Waals surface area contributed by atoms with E-state index in [1.54, 1.807) is 0 Å². The molecule has 108 valence electrons. The fourth-order valence-electron chi connectivity index (χ4n) is 2.07. The third-order valence-corrected chi connectivity index (χ3v) is 4.42. The molecule has 0 heterocycles. The molecule has 0 amide bonds. The second kappa shape index (κ2) is 7.69. The molecule has 0 aliphatic heterocycles. The normalized spacial score (nSPS) is 13.8. The largest absolute Gasteiger partial charge is 0.309 e. The van der Waals surface area contributed by atoms with Crippen LogP contribution < -0.4 is 5.32 Å². The Morgan fingerprint density at radius 2 is 1.74 bits per heavy atom. The van der Waals surface area contributed by atoms with Gasteiger partial charge in [-0.25, -0.2) is 0 Å². The topological polar surface area (TPSA) is 12.0 Å². The van der Waals surface area contributed by atoms with E-state index in [0.717, 1.165) is 6.54 Å². The lowest BCUT2D eigenvalue weighted by Crippen LogP contribution is -2.35. The first kappa shape index (κ1) is 16.2. The Hall–Kier alpha value is -0.820. The van der Waals surface area contributed by atoms with Crippen molar-refractivity contribution in [3.63, 3.8) is 0 Å². The van der Waals surface area contributed by atoms with Crippen LogP contribution in [0.25, 0.3) is 0 Å². The number of nitrogens with one attached hydrogen (secondary N) is 1. The van der Waals surface area contributed by atoms with E-state index in [1.807, 2.05) is 0 Å². The van der Waals surface area contributed by atoms with Crippen molar-refractivity contribution in [1.29, 1.82) is 0 Å². The van der Waals surface area contributed by atoms with E-state index in [4.69, 9.17) is 0 Å². The molecule has 1 aromatic carbocycles. The molecule has 0 radical (unpaired) electrons. The fraction of sp³-hybridized carbons (Fsp3) is 0.667. The molecule has 1 unspecified atom stereocenters. The molecule has 1 atom stereocenters. The predicted octanol–water partition coefficient (Wildman–Crippen LogP) is 5.19. The first-order valence-electron chi connectivity index (χ1n) is 7.75. The zero-order valence-corrected chi connectivity index (χ0v) is 13.4. The first-order valence-corrected chi connectivity index (χ1v) is 7.75. The van der Waals surface area contributed by atoms with Crippen molar-refractivity contribution in [3.05, 3.63) is 35.9 Å². The second-order valence-corrected chi connectivity index (χ2v) is 6.63. The van der Waals surface area contributed by atoms with Gasteiger partial charge in [-0.15, -0.1) is 0 Å². The monoisotopic (exact) mass is 261 g/mol. The van der Waals surface area contributed by atoms with Crippen LogP contribution in [-0.4, -0.2) is 6.54 Å². The summed E-state index contributed by atoms with van der Waals surface area (Å²) in [5, 5.41) is 3.79. The Morgan fingerprint density at radius 1 is 1.11 bits per heavy atom. The minimum absolute atomic E-state index is 0.346. The number of hydrogen-bond acceptors (Lipinski definition) is 1. The molecule has 1 heteroatoms. The van der Waals surface area contributed by atoms with E-state index < -0.39 is 0 Å². The van der Waals surface area contributed by atoms with Crippen LogP contribution in [0, 0.1) is 11.3 Å². The predicted molar refractivity (Wildman–Crippen MR) is 85.3 cm³/mol. The Kier molecular flexibility index (Phi) is 6.57. The lowest BCUT2D eigenvalue weighted by atomic mass is 9.81. The van der Waals surface area contributed by atoms with Gasteiger partial charge >= 0.3 is 0 Å². The summed E-state index contributed by atoms with van der Waals surface area (Å²) < 4.78 is 0. The summed E-state index contributed by atoms with van der Waals surface area (Å²) in [6.07, 6.45) is 3.78. The maximum Gasteiger partial charge on any atom is 0.0320 e. The van der Waals surface area contributed by atoms with Gasteiger partial charge in [0.2, 0.25) is 0 Å². The van der Waals surface area contributed by atoms with Gasteiger partial charge in [-0.2, -0.15) is 0 Å². The summed E-state index contributed by atoms with van der Waals surface area (Å²) in [6, 6.07) is 11.4. The maximum absolute atomic E-state index is 3.79. The van der Waals surface area contributed by atoms with Crippen LogP contribution in [0.15, 0.2) is 30.3 Å². The highest BCUT2D eigenvalue weighted by Crippen LogP contribution is 2.27. The number of hydrogen-bond donors (Lipinski definition) is 1. The molecule has 0 aliphatic carbocycles. The van der Waals surface area contributed by atoms with Gasteiger partial charge < -0.3 is 5.32 Å². The summed E-state index contributed by atoms with van der Waals surface area (Å²) in [5.41, 5.74) is 1.77. The summed E-state index contributed by atoms with van der Waals surface area (Å²) in [5.74, 6) is 0.697. The van der Waals surface area contributed by atoms with Crippen molar-refractivity contribution >= 4 is 0 Å². The standard InChI is InChI=1S/C18H31N/c1-6-7-13-17(16-11-9-8-10-12-16)19-14-18(4,5)15(2)3/h8-12,15,17,19H,6-7,13-14H2,1-5H3. The van der Waals surface area contributed by atoms with Crippen molar-refractivity contribution in [2.24, 2.45) is 11.3 Å². The summed E-state index contributed by atoms with van der Waals surface area (Å²) in [4.78, 5) is 0. The molecule has 0 saturated heterocycles. The van der Waals surface area contributed by atoms with Gasteiger partial charge in [-0.1, -0.05) is 77.8 Å². The van der Waals surface area contributed by atoms with Crippen molar-refractivity contribution in [2.75, 3.05) is 6.54 Å². The Morgan fingerprint density at radius 3 is 2.26 bits per heavy atom. The molecule has 0 fully saturated rings. The van der Waals surface area contributed by atoms with Crippen molar-refractivity contribution in [2.45, 2.75) is 59.9 Å². The molecule has 1 nitrogen and oxygen atoms in total. The number of unbranched alkanes of at least 4 members (excludes halogenated alkanes) is 1. The fourth-order valence-corrected chi connectivity index (χ4v) is 2.07. The Bertz CT molecular complexity index is 340. The summed E-state index contributed by atoms with van der Waals surface area (Å²) in [7, 11) is 0.